The van der Waals surface area contributed by atoms with Crippen LogP contribution < -0.4 is 11.1 Å². The molecule has 0 spiro atoms. The summed E-state index contributed by atoms with van der Waals surface area (Å²) in [5.74, 6) is 0. The van der Waals surface area contributed by atoms with E-state index in [1.165, 1.54) is 38.8 Å². The molecule has 2 rings (SSSR count). The van der Waals surface area contributed by atoms with Crippen LogP contribution in [0.5, 0.6) is 0 Å². The minimum absolute atomic E-state index is 0.482. The lowest BCUT2D eigenvalue weighted by atomic mass is 10.0. The van der Waals surface area contributed by atoms with Crippen molar-refractivity contribution < 1.29 is 4.74 Å². The zero-order chi connectivity index (χ0) is 12.8. The van der Waals surface area contributed by atoms with Crippen LogP contribution in [0.2, 0.25) is 0 Å². The van der Waals surface area contributed by atoms with E-state index in [0.717, 1.165) is 32.0 Å². The van der Waals surface area contributed by atoms with Gasteiger partial charge in [0.05, 0.1) is 6.61 Å². The molecule has 2 fully saturated rings. The minimum atomic E-state index is 0.482. The smallest absolute Gasteiger partial charge is 0.0615 e. The van der Waals surface area contributed by atoms with Gasteiger partial charge in [-0.15, -0.1) is 0 Å². The first-order valence-corrected chi connectivity index (χ1v) is 7.52. The quantitative estimate of drug-likeness (QED) is 0.678. The van der Waals surface area contributed by atoms with Crippen LogP contribution in [0.4, 0.5) is 0 Å². The molecule has 4 nitrogen and oxygen atoms in total. The number of likely N-dealkylation sites (tertiary alicyclic amines) is 1. The van der Waals surface area contributed by atoms with Crippen LogP contribution in [0.25, 0.3) is 0 Å². The van der Waals surface area contributed by atoms with Crippen molar-refractivity contribution in [3.63, 3.8) is 0 Å². The highest BCUT2D eigenvalue weighted by atomic mass is 16.5. The summed E-state index contributed by atoms with van der Waals surface area (Å²) in [7, 11) is 1.78. The van der Waals surface area contributed by atoms with Crippen molar-refractivity contribution in [2.75, 3.05) is 33.4 Å². The fourth-order valence-electron chi connectivity index (χ4n) is 2.98. The highest BCUT2D eigenvalue weighted by Crippen LogP contribution is 2.29. The molecule has 18 heavy (non-hydrogen) atoms. The van der Waals surface area contributed by atoms with E-state index in [1.54, 1.807) is 7.11 Å². The third-order valence-electron chi connectivity index (χ3n) is 4.19. The number of hydrogen-bond donors (Lipinski definition) is 2. The van der Waals surface area contributed by atoms with Crippen LogP contribution in [0.15, 0.2) is 0 Å². The van der Waals surface area contributed by atoms with Gasteiger partial charge in [-0.3, -0.25) is 0 Å². The Bertz CT molecular complexity index is 225. The molecule has 1 atom stereocenters. The molecule has 3 N–H and O–H groups in total. The standard InChI is InChI=1S/C14H29N3O/c1-18-11-13(3-2-8-15)16-12-6-9-17(10-7-12)14-4-5-14/h12-14,16H,2-11,15H2,1H3. The van der Waals surface area contributed by atoms with Crippen LogP contribution in [0.3, 0.4) is 0 Å². The van der Waals surface area contributed by atoms with Gasteiger partial charge < -0.3 is 20.7 Å². The summed E-state index contributed by atoms with van der Waals surface area (Å²) in [6, 6.07) is 2.09. The number of ether oxygens (including phenoxy) is 1. The largest absolute Gasteiger partial charge is 0.383 e. The van der Waals surface area contributed by atoms with Gasteiger partial charge in [-0.05, 0) is 58.2 Å². The normalized spacial score (nSPS) is 24.3. The first-order valence-electron chi connectivity index (χ1n) is 7.52. The van der Waals surface area contributed by atoms with Crippen LogP contribution >= 0.6 is 0 Å². The van der Waals surface area contributed by atoms with E-state index in [2.05, 4.69) is 10.2 Å². The van der Waals surface area contributed by atoms with Gasteiger partial charge in [-0.1, -0.05) is 0 Å². The zero-order valence-corrected chi connectivity index (χ0v) is 11.7. The Balaban J connectivity index is 1.66. The zero-order valence-electron chi connectivity index (χ0n) is 11.7. The van der Waals surface area contributed by atoms with Crippen molar-refractivity contribution >= 4 is 0 Å². The molecule has 0 aromatic carbocycles. The SMILES string of the molecule is COCC(CCCN)NC1CCN(C2CC2)CC1. The second-order valence-electron chi connectivity index (χ2n) is 5.79. The van der Waals surface area contributed by atoms with Crippen molar-refractivity contribution in [1.82, 2.24) is 10.2 Å². The van der Waals surface area contributed by atoms with Crippen molar-refractivity contribution in [3.8, 4) is 0 Å². The summed E-state index contributed by atoms with van der Waals surface area (Å²) in [5, 5.41) is 3.76. The Morgan fingerprint density at radius 2 is 2.00 bits per heavy atom. The number of nitrogens with one attached hydrogen (secondary N) is 1. The van der Waals surface area contributed by atoms with Crippen LogP contribution in [-0.4, -0.2) is 56.4 Å². The minimum Gasteiger partial charge on any atom is -0.383 e. The van der Waals surface area contributed by atoms with Gasteiger partial charge in [0, 0.05) is 25.2 Å². The molecule has 0 bridgehead atoms. The molecule has 2 aliphatic rings. The highest BCUT2D eigenvalue weighted by Gasteiger charge is 2.32. The van der Waals surface area contributed by atoms with E-state index >= 15 is 0 Å². The molecule has 1 unspecified atom stereocenters. The van der Waals surface area contributed by atoms with Gasteiger partial charge >= 0.3 is 0 Å². The predicted octanol–water partition coefficient (Wildman–Crippen LogP) is 0.957. The topological polar surface area (TPSA) is 50.5 Å². The maximum atomic E-state index is 5.59. The Morgan fingerprint density at radius 3 is 2.56 bits per heavy atom. The maximum absolute atomic E-state index is 5.59. The van der Waals surface area contributed by atoms with Crippen LogP contribution in [0, 0.1) is 0 Å². The second-order valence-corrected chi connectivity index (χ2v) is 5.79. The fourth-order valence-corrected chi connectivity index (χ4v) is 2.98. The summed E-state index contributed by atoms with van der Waals surface area (Å²) in [6.45, 7) is 4.14. The number of nitrogens with zero attached hydrogens (tertiary/aromatic N) is 1. The first kappa shape index (κ1) is 14.3. The van der Waals surface area contributed by atoms with Gasteiger partial charge in [-0.2, -0.15) is 0 Å². The monoisotopic (exact) mass is 255 g/mol. The van der Waals surface area contributed by atoms with Crippen LogP contribution in [-0.2, 0) is 4.74 Å². The molecule has 0 radical (unpaired) electrons. The molecule has 0 amide bonds. The second kappa shape index (κ2) is 7.43. The van der Waals surface area contributed by atoms with Gasteiger partial charge in [0.15, 0.2) is 0 Å². The molecule has 1 aliphatic heterocycles. The van der Waals surface area contributed by atoms with Crippen LogP contribution in [0.1, 0.15) is 38.5 Å². The summed E-state index contributed by atoms with van der Waals surface area (Å²) < 4.78 is 5.30. The molecule has 1 saturated carbocycles. The average Bonchev–Trinajstić information content (AvgIpc) is 3.21. The fraction of sp³-hybridized carbons (Fsp3) is 1.00. The molecular weight excluding hydrogens is 226 g/mol. The summed E-state index contributed by atoms with van der Waals surface area (Å²) >= 11 is 0. The Morgan fingerprint density at radius 1 is 1.28 bits per heavy atom. The molecular formula is C14H29N3O. The van der Waals surface area contributed by atoms with Gasteiger partial charge in [-0.25, -0.2) is 0 Å². The van der Waals surface area contributed by atoms with Crippen molar-refractivity contribution in [2.45, 2.75) is 56.7 Å². The molecule has 0 aromatic heterocycles. The summed E-state index contributed by atoms with van der Waals surface area (Å²) in [5.41, 5.74) is 5.59. The van der Waals surface area contributed by atoms with Gasteiger partial charge in [0.25, 0.3) is 0 Å². The Kier molecular flexibility index (Phi) is 5.89. The molecule has 4 heteroatoms. The lowest BCUT2D eigenvalue weighted by molar-refractivity contribution is 0.135. The average molecular weight is 255 g/mol. The predicted molar refractivity (Wildman–Crippen MR) is 74.7 cm³/mol. The maximum Gasteiger partial charge on any atom is 0.0615 e. The van der Waals surface area contributed by atoms with Crippen molar-refractivity contribution in [3.05, 3.63) is 0 Å². The Labute approximate surface area is 111 Å². The van der Waals surface area contributed by atoms with E-state index in [4.69, 9.17) is 10.5 Å². The van der Waals surface area contributed by atoms with E-state index < -0.39 is 0 Å². The van der Waals surface area contributed by atoms with Crippen molar-refractivity contribution in [2.24, 2.45) is 5.73 Å². The number of nitrogens with two attached hydrogens (primary N) is 1. The number of piperidine rings is 1. The number of hydrogen-bond acceptors (Lipinski definition) is 4. The van der Waals surface area contributed by atoms with E-state index in [0.29, 0.717) is 12.1 Å². The third kappa shape index (κ3) is 4.50. The first-order chi connectivity index (χ1) is 8.83. The third-order valence-corrected chi connectivity index (χ3v) is 4.19. The van der Waals surface area contributed by atoms with Crippen molar-refractivity contribution in [1.29, 1.82) is 0 Å². The number of rotatable bonds is 8. The van der Waals surface area contributed by atoms with Gasteiger partial charge in [0.2, 0.25) is 0 Å². The van der Waals surface area contributed by atoms with E-state index in [1.807, 2.05) is 0 Å². The molecule has 1 heterocycles. The molecule has 1 aliphatic carbocycles. The van der Waals surface area contributed by atoms with E-state index in [-0.39, 0.29) is 0 Å². The summed E-state index contributed by atoms with van der Waals surface area (Å²) in [4.78, 5) is 2.67. The van der Waals surface area contributed by atoms with Gasteiger partial charge in [0.1, 0.15) is 0 Å². The molecule has 1 saturated heterocycles. The lowest BCUT2D eigenvalue weighted by Crippen LogP contribution is -2.48. The lowest BCUT2D eigenvalue weighted by Gasteiger charge is -2.34. The molecule has 106 valence electrons. The molecule has 0 aromatic rings. The highest BCUT2D eigenvalue weighted by molar-refractivity contribution is 4.89. The summed E-state index contributed by atoms with van der Waals surface area (Å²) in [6.07, 6.45) is 7.66. The van der Waals surface area contributed by atoms with E-state index in [9.17, 15) is 0 Å². The number of methoxy groups -OCH3 is 1. The Hall–Kier alpha value is -0.160.